The number of ether oxygens (including phenoxy) is 3. The standard InChI is InChI=1S/C73H130O6/c1-4-7-10-13-15-17-19-21-23-25-27-29-31-32-33-34-35-36-37-38-39-40-42-43-45-47-49-51-53-55-57-60-63-66-72(75)78-69-70(68-77-71(74)65-62-59-12-9-6-3)79-73(76)67-64-61-58-56-54-52-50-48-46-44-41-30-28-26-24-22-20-18-16-14-11-8-5-2/h7,10,15,17,21,23,27,29,32-33,35-36,70H,4-6,8-9,11-14,16,18-20,22,24-26,28,30-31,34,37-69H2,1-3H3/b10-7-,17-15-,23-21-,29-27-,33-32-,36-35-. The SMILES string of the molecule is CC/C=C\C/C=C\C/C=C\C/C=C\C/C=C\C/C=C\CCCCCCCCCCCCCCCCC(=O)OCC(COC(=O)CCCCCCC)OC(=O)CCCCCCCCCCCCCCCCCCCCCCCCC. The number of esters is 3. The predicted molar refractivity (Wildman–Crippen MR) is 344 cm³/mol. The first-order chi connectivity index (χ1) is 39.0. The number of allylic oxidation sites excluding steroid dienone is 12. The molecule has 0 aliphatic heterocycles. The van der Waals surface area contributed by atoms with E-state index < -0.39 is 6.10 Å². The van der Waals surface area contributed by atoms with Crippen LogP contribution < -0.4 is 0 Å². The lowest BCUT2D eigenvalue weighted by atomic mass is 10.0. The highest BCUT2D eigenvalue weighted by Gasteiger charge is 2.19. The molecule has 0 amide bonds. The summed E-state index contributed by atoms with van der Waals surface area (Å²) in [6.07, 6.45) is 88.4. The zero-order valence-corrected chi connectivity index (χ0v) is 52.6. The summed E-state index contributed by atoms with van der Waals surface area (Å²) < 4.78 is 16.8. The van der Waals surface area contributed by atoms with Crippen LogP contribution in [0.5, 0.6) is 0 Å². The van der Waals surface area contributed by atoms with Crippen molar-refractivity contribution in [1.29, 1.82) is 0 Å². The number of unbranched alkanes of at least 4 members (excludes halogenated alkanes) is 40. The molecule has 0 bridgehead atoms. The van der Waals surface area contributed by atoms with Gasteiger partial charge < -0.3 is 14.2 Å². The number of rotatable bonds is 63. The van der Waals surface area contributed by atoms with Gasteiger partial charge in [-0.2, -0.15) is 0 Å². The van der Waals surface area contributed by atoms with Crippen LogP contribution >= 0.6 is 0 Å². The highest BCUT2D eigenvalue weighted by Crippen LogP contribution is 2.18. The second kappa shape index (κ2) is 67.4. The van der Waals surface area contributed by atoms with E-state index in [1.54, 1.807) is 0 Å². The molecular weight excluding hydrogens is 973 g/mol. The van der Waals surface area contributed by atoms with Crippen molar-refractivity contribution in [1.82, 2.24) is 0 Å². The molecule has 0 N–H and O–H groups in total. The van der Waals surface area contributed by atoms with Gasteiger partial charge in [0.1, 0.15) is 13.2 Å². The Morgan fingerprint density at radius 2 is 0.494 bits per heavy atom. The zero-order valence-electron chi connectivity index (χ0n) is 52.6. The second-order valence-corrected chi connectivity index (χ2v) is 23.1. The first-order valence-corrected chi connectivity index (χ1v) is 34.4. The van der Waals surface area contributed by atoms with Gasteiger partial charge in [0.25, 0.3) is 0 Å². The van der Waals surface area contributed by atoms with Gasteiger partial charge in [0.15, 0.2) is 6.10 Å². The number of hydrogen-bond donors (Lipinski definition) is 0. The summed E-state index contributed by atoms with van der Waals surface area (Å²) in [5.74, 6) is -0.865. The Bertz CT molecular complexity index is 1450. The number of carbonyl (C=O) groups excluding carboxylic acids is 3. The summed E-state index contributed by atoms with van der Waals surface area (Å²) in [6.45, 7) is 6.49. The maximum absolute atomic E-state index is 12.8. The fourth-order valence-corrected chi connectivity index (χ4v) is 10.1. The fraction of sp³-hybridized carbons (Fsp3) is 0.795. The van der Waals surface area contributed by atoms with Crippen LogP contribution in [0.4, 0.5) is 0 Å². The Kier molecular flexibility index (Phi) is 64.7. The molecule has 6 nitrogen and oxygen atoms in total. The van der Waals surface area contributed by atoms with Crippen molar-refractivity contribution >= 4 is 17.9 Å². The Hall–Kier alpha value is -3.15. The van der Waals surface area contributed by atoms with Crippen molar-refractivity contribution in [2.75, 3.05) is 13.2 Å². The summed E-state index contributed by atoms with van der Waals surface area (Å²) in [7, 11) is 0. The largest absolute Gasteiger partial charge is 0.462 e. The summed E-state index contributed by atoms with van der Waals surface area (Å²) in [5, 5.41) is 0. The third-order valence-corrected chi connectivity index (χ3v) is 15.2. The van der Waals surface area contributed by atoms with E-state index in [-0.39, 0.29) is 31.1 Å². The van der Waals surface area contributed by atoms with E-state index >= 15 is 0 Å². The molecule has 6 heteroatoms. The van der Waals surface area contributed by atoms with E-state index in [1.807, 2.05) is 0 Å². The lowest BCUT2D eigenvalue weighted by Gasteiger charge is -2.18. The van der Waals surface area contributed by atoms with Crippen molar-refractivity contribution in [2.24, 2.45) is 0 Å². The molecule has 0 saturated carbocycles. The van der Waals surface area contributed by atoms with Gasteiger partial charge >= 0.3 is 17.9 Å². The first-order valence-electron chi connectivity index (χ1n) is 34.4. The molecule has 0 radical (unpaired) electrons. The van der Waals surface area contributed by atoms with E-state index in [4.69, 9.17) is 14.2 Å². The summed E-state index contributed by atoms with van der Waals surface area (Å²) in [6, 6.07) is 0. The summed E-state index contributed by atoms with van der Waals surface area (Å²) in [5.41, 5.74) is 0. The minimum atomic E-state index is -0.769. The molecule has 0 rings (SSSR count). The van der Waals surface area contributed by atoms with Crippen molar-refractivity contribution in [3.05, 3.63) is 72.9 Å². The predicted octanol–water partition coefficient (Wildman–Crippen LogP) is 23.7. The topological polar surface area (TPSA) is 78.9 Å². The molecule has 0 fully saturated rings. The Labute approximate surface area is 491 Å². The lowest BCUT2D eigenvalue weighted by molar-refractivity contribution is -0.167. The van der Waals surface area contributed by atoms with Gasteiger partial charge in [0.2, 0.25) is 0 Å². The van der Waals surface area contributed by atoms with E-state index in [9.17, 15) is 14.4 Å². The second-order valence-electron chi connectivity index (χ2n) is 23.1. The Morgan fingerprint density at radius 1 is 0.266 bits per heavy atom. The smallest absolute Gasteiger partial charge is 0.306 e. The van der Waals surface area contributed by atoms with E-state index in [0.717, 1.165) is 103 Å². The number of carbonyl (C=O) groups is 3. The van der Waals surface area contributed by atoms with Crippen molar-refractivity contribution in [3.63, 3.8) is 0 Å². The van der Waals surface area contributed by atoms with Gasteiger partial charge in [-0.3, -0.25) is 14.4 Å². The molecule has 458 valence electrons. The monoisotopic (exact) mass is 1100 g/mol. The van der Waals surface area contributed by atoms with Crippen LogP contribution in [0.3, 0.4) is 0 Å². The molecule has 0 aliphatic carbocycles. The quantitative estimate of drug-likeness (QED) is 0.0261. The van der Waals surface area contributed by atoms with E-state index in [2.05, 4.69) is 93.7 Å². The van der Waals surface area contributed by atoms with Crippen molar-refractivity contribution in [2.45, 2.75) is 361 Å². The van der Waals surface area contributed by atoms with Crippen LogP contribution in [0.15, 0.2) is 72.9 Å². The van der Waals surface area contributed by atoms with Gasteiger partial charge in [-0.25, -0.2) is 0 Å². The average molecular weight is 1100 g/mol. The van der Waals surface area contributed by atoms with Gasteiger partial charge in [-0.15, -0.1) is 0 Å². The molecule has 0 aromatic heterocycles. The molecular formula is C73H130O6. The van der Waals surface area contributed by atoms with Gasteiger partial charge in [-0.05, 0) is 70.6 Å². The van der Waals surface area contributed by atoms with Crippen LogP contribution in [0, 0.1) is 0 Å². The Morgan fingerprint density at radius 3 is 0.772 bits per heavy atom. The molecule has 1 atom stereocenters. The molecule has 79 heavy (non-hydrogen) atoms. The maximum atomic E-state index is 12.8. The van der Waals surface area contributed by atoms with Crippen molar-refractivity contribution in [3.8, 4) is 0 Å². The maximum Gasteiger partial charge on any atom is 0.306 e. The van der Waals surface area contributed by atoms with E-state index in [0.29, 0.717) is 19.3 Å². The Balaban J connectivity index is 3.96. The minimum absolute atomic E-state index is 0.0706. The van der Waals surface area contributed by atoms with Gasteiger partial charge in [-0.1, -0.05) is 338 Å². The van der Waals surface area contributed by atoms with Gasteiger partial charge in [0.05, 0.1) is 0 Å². The van der Waals surface area contributed by atoms with Crippen LogP contribution in [0.25, 0.3) is 0 Å². The van der Waals surface area contributed by atoms with Gasteiger partial charge in [0, 0.05) is 19.3 Å². The van der Waals surface area contributed by atoms with Crippen LogP contribution in [-0.4, -0.2) is 37.2 Å². The van der Waals surface area contributed by atoms with Crippen LogP contribution in [-0.2, 0) is 28.6 Å². The molecule has 0 aliphatic rings. The zero-order chi connectivity index (χ0) is 57.1. The third kappa shape index (κ3) is 65.5. The molecule has 0 aromatic rings. The normalized spacial score (nSPS) is 12.5. The first kappa shape index (κ1) is 75.8. The lowest BCUT2D eigenvalue weighted by Crippen LogP contribution is -2.30. The van der Waals surface area contributed by atoms with Crippen molar-refractivity contribution < 1.29 is 28.6 Å². The number of hydrogen-bond acceptors (Lipinski definition) is 6. The average Bonchev–Trinajstić information content (AvgIpc) is 3.45. The highest BCUT2D eigenvalue weighted by atomic mass is 16.6. The fourth-order valence-electron chi connectivity index (χ4n) is 10.1. The third-order valence-electron chi connectivity index (χ3n) is 15.2. The summed E-state index contributed by atoms with van der Waals surface area (Å²) >= 11 is 0. The molecule has 1 unspecified atom stereocenters. The van der Waals surface area contributed by atoms with Crippen LogP contribution in [0.1, 0.15) is 355 Å². The minimum Gasteiger partial charge on any atom is -0.462 e. The van der Waals surface area contributed by atoms with E-state index in [1.165, 1.54) is 212 Å². The highest BCUT2D eigenvalue weighted by molar-refractivity contribution is 5.71. The van der Waals surface area contributed by atoms with Crippen LogP contribution in [0.2, 0.25) is 0 Å². The molecule has 0 aromatic carbocycles. The summed E-state index contributed by atoms with van der Waals surface area (Å²) in [4.78, 5) is 38.0. The molecule has 0 heterocycles. The molecule has 0 spiro atoms. The molecule has 0 saturated heterocycles.